The van der Waals surface area contributed by atoms with E-state index in [4.69, 9.17) is 18.9 Å². The summed E-state index contributed by atoms with van der Waals surface area (Å²) in [4.78, 5) is 50.8. The van der Waals surface area contributed by atoms with E-state index in [2.05, 4.69) is 15.8 Å². The van der Waals surface area contributed by atoms with Crippen LogP contribution in [-0.4, -0.2) is 71.0 Å². The van der Waals surface area contributed by atoms with Crippen molar-refractivity contribution in [3.05, 3.63) is 29.6 Å². The number of hydrogen-bond acceptors (Lipinski definition) is 10. The zero-order valence-corrected chi connectivity index (χ0v) is 25.8. The number of cyclic esters (lactones) is 1. The van der Waals surface area contributed by atoms with E-state index in [1.165, 1.54) is 17.0 Å². The minimum atomic E-state index is -0.970. The molecule has 2 N–H and O–H groups in total. The summed E-state index contributed by atoms with van der Waals surface area (Å²) in [6, 6.07) is 4.05. The number of nitrogens with one attached hydrogen (secondary N) is 2. The van der Waals surface area contributed by atoms with Crippen LogP contribution in [0.1, 0.15) is 73.3 Å². The second kappa shape index (κ2) is 13.2. The summed E-state index contributed by atoms with van der Waals surface area (Å²) < 4.78 is 35.7. The first-order chi connectivity index (χ1) is 19.5. The Morgan fingerprint density at radius 2 is 1.76 bits per heavy atom. The van der Waals surface area contributed by atoms with Crippen LogP contribution < -0.4 is 15.6 Å². The van der Waals surface area contributed by atoms with Crippen LogP contribution in [0.2, 0.25) is 0 Å². The van der Waals surface area contributed by atoms with Crippen LogP contribution in [0.3, 0.4) is 0 Å². The lowest BCUT2D eigenvalue weighted by Crippen LogP contribution is -2.44. The van der Waals surface area contributed by atoms with Gasteiger partial charge in [-0.15, -0.1) is 0 Å². The van der Waals surface area contributed by atoms with Gasteiger partial charge in [-0.3, -0.25) is 9.69 Å². The number of halogens is 1. The van der Waals surface area contributed by atoms with Gasteiger partial charge in [0.1, 0.15) is 32.9 Å². The van der Waals surface area contributed by atoms with Gasteiger partial charge in [-0.05, 0) is 85.9 Å². The molecular weight excluding hydrogens is 571 g/mol. The second-order valence-electron chi connectivity index (χ2n) is 11.9. The number of esters is 1. The van der Waals surface area contributed by atoms with E-state index in [9.17, 15) is 19.2 Å². The number of carbonyl (C=O) groups excluding carboxylic acids is 4. The Hall–Kier alpha value is -3.55. The van der Waals surface area contributed by atoms with Gasteiger partial charge < -0.3 is 24.3 Å². The second-order valence-corrected chi connectivity index (χ2v) is 13.2. The fourth-order valence-corrected chi connectivity index (χ4v) is 5.40. The van der Waals surface area contributed by atoms with Gasteiger partial charge in [0.2, 0.25) is 0 Å². The van der Waals surface area contributed by atoms with Crippen molar-refractivity contribution < 1.29 is 42.5 Å². The van der Waals surface area contributed by atoms with Crippen LogP contribution >= 0.6 is 11.8 Å². The zero-order valence-electron chi connectivity index (χ0n) is 25.0. The van der Waals surface area contributed by atoms with Crippen molar-refractivity contribution in [1.82, 2.24) is 10.7 Å². The third-order valence-corrected chi connectivity index (χ3v) is 7.46. The zero-order chi connectivity index (χ0) is 31.3. The molecule has 3 rings (SSSR count). The average molecular weight is 611 g/mol. The molecule has 1 saturated heterocycles. The lowest BCUT2D eigenvalue weighted by Gasteiger charge is -2.38. The topological polar surface area (TPSA) is 145 Å². The molecule has 3 amide bonds. The predicted octanol–water partition coefficient (Wildman–Crippen LogP) is 5.08. The molecule has 232 valence electrons. The normalized spacial score (nSPS) is 18.5. The molecule has 1 heterocycles. The summed E-state index contributed by atoms with van der Waals surface area (Å²) >= 11 is 1.01. The Morgan fingerprint density at radius 3 is 2.31 bits per heavy atom. The molecule has 2 fully saturated rings. The molecule has 0 spiro atoms. The van der Waals surface area contributed by atoms with E-state index in [1.54, 1.807) is 48.5 Å². The molecule has 1 aromatic carbocycles. The van der Waals surface area contributed by atoms with E-state index in [-0.39, 0.29) is 36.0 Å². The maximum atomic E-state index is 15.6. The molecule has 1 aliphatic carbocycles. The van der Waals surface area contributed by atoms with Crippen LogP contribution in [0.15, 0.2) is 23.3 Å². The highest BCUT2D eigenvalue weighted by Gasteiger charge is 2.48. The molecule has 42 heavy (non-hydrogen) atoms. The van der Waals surface area contributed by atoms with Crippen molar-refractivity contribution >= 4 is 46.7 Å². The predicted molar refractivity (Wildman–Crippen MR) is 155 cm³/mol. The maximum Gasteiger partial charge on any atom is 0.428 e. The highest BCUT2D eigenvalue weighted by Crippen LogP contribution is 2.47. The first-order valence-electron chi connectivity index (χ1n) is 13.7. The molecule has 12 nitrogen and oxygen atoms in total. The summed E-state index contributed by atoms with van der Waals surface area (Å²) in [6.07, 6.45) is -1.10. The van der Waals surface area contributed by atoms with Crippen molar-refractivity contribution in [3.8, 4) is 0 Å². The van der Waals surface area contributed by atoms with E-state index in [0.717, 1.165) is 24.2 Å². The van der Waals surface area contributed by atoms with Crippen molar-refractivity contribution in [2.24, 2.45) is 5.10 Å². The number of hydrazone groups is 1. The van der Waals surface area contributed by atoms with Gasteiger partial charge >= 0.3 is 24.2 Å². The minimum absolute atomic E-state index is 0.00564. The SMILES string of the molecule is CCOC(=O)C1(SC(=NNC(=O)OC(C)(C)C)c2ccc(N3C[C@H](CNC(=O)OC(C)(C)C)OC3=O)cc2F)CCC1. The molecule has 0 bridgehead atoms. The maximum absolute atomic E-state index is 15.6. The first-order valence-corrected chi connectivity index (χ1v) is 14.5. The van der Waals surface area contributed by atoms with E-state index in [0.29, 0.717) is 12.8 Å². The van der Waals surface area contributed by atoms with Gasteiger partial charge in [0.05, 0.1) is 25.4 Å². The molecule has 1 aromatic rings. The van der Waals surface area contributed by atoms with Crippen molar-refractivity contribution in [2.45, 2.75) is 89.8 Å². The Bertz CT molecular complexity index is 1220. The Morgan fingerprint density at radius 1 is 1.12 bits per heavy atom. The first kappa shape index (κ1) is 33.0. The monoisotopic (exact) mass is 610 g/mol. The highest BCUT2D eigenvalue weighted by molar-refractivity contribution is 8.16. The van der Waals surface area contributed by atoms with Crippen LogP contribution in [0.5, 0.6) is 0 Å². The molecule has 0 unspecified atom stereocenters. The van der Waals surface area contributed by atoms with Crippen molar-refractivity contribution in [1.29, 1.82) is 0 Å². The average Bonchev–Trinajstić information content (AvgIpc) is 3.20. The Kier molecular flexibility index (Phi) is 10.3. The number of amides is 3. The van der Waals surface area contributed by atoms with E-state index < -0.39 is 52.1 Å². The van der Waals surface area contributed by atoms with Gasteiger partial charge in [0, 0.05) is 5.56 Å². The van der Waals surface area contributed by atoms with Crippen LogP contribution in [0.4, 0.5) is 24.5 Å². The summed E-state index contributed by atoms with van der Waals surface area (Å²) in [7, 11) is 0. The number of nitrogens with zero attached hydrogens (tertiary/aromatic N) is 2. The van der Waals surface area contributed by atoms with Crippen molar-refractivity contribution in [2.75, 3.05) is 24.6 Å². The molecule has 14 heteroatoms. The number of ether oxygens (including phenoxy) is 4. The van der Waals surface area contributed by atoms with Gasteiger partial charge in [-0.2, -0.15) is 5.10 Å². The summed E-state index contributed by atoms with van der Waals surface area (Å²) in [6.45, 7) is 12.2. The number of benzene rings is 1. The molecule has 1 saturated carbocycles. The Balaban J connectivity index is 1.80. The fraction of sp³-hybridized carbons (Fsp3) is 0.607. The van der Waals surface area contributed by atoms with Gasteiger partial charge in [-0.1, -0.05) is 11.8 Å². The number of alkyl carbamates (subject to hydrolysis) is 1. The molecule has 0 radical (unpaired) electrons. The molecule has 1 atom stereocenters. The molecule has 1 aliphatic heterocycles. The fourth-order valence-electron chi connectivity index (χ4n) is 4.02. The summed E-state index contributed by atoms with van der Waals surface area (Å²) in [5.74, 6) is -1.18. The van der Waals surface area contributed by atoms with Gasteiger partial charge in [0.25, 0.3) is 0 Å². The minimum Gasteiger partial charge on any atom is -0.465 e. The third kappa shape index (κ3) is 8.97. The lowest BCUT2D eigenvalue weighted by molar-refractivity contribution is -0.148. The number of thioether (sulfide) groups is 1. The van der Waals surface area contributed by atoms with Crippen LogP contribution in [0, 0.1) is 5.82 Å². The smallest absolute Gasteiger partial charge is 0.428 e. The molecular formula is C28H39FN4O8S. The van der Waals surface area contributed by atoms with Gasteiger partial charge in [0.15, 0.2) is 0 Å². The Labute approximate surface area is 249 Å². The van der Waals surface area contributed by atoms with Crippen LogP contribution in [0.25, 0.3) is 0 Å². The third-order valence-electron chi connectivity index (χ3n) is 5.99. The quantitative estimate of drug-likeness (QED) is 0.135. The number of carbonyl (C=O) groups is 4. The molecule has 0 aromatic heterocycles. The van der Waals surface area contributed by atoms with Gasteiger partial charge in [-0.25, -0.2) is 24.2 Å². The van der Waals surface area contributed by atoms with Crippen molar-refractivity contribution in [3.63, 3.8) is 0 Å². The number of rotatable bonds is 8. The lowest BCUT2D eigenvalue weighted by atomic mass is 9.84. The highest BCUT2D eigenvalue weighted by atomic mass is 32.2. The van der Waals surface area contributed by atoms with Crippen LogP contribution in [-0.2, 0) is 23.7 Å². The largest absolute Gasteiger partial charge is 0.465 e. The van der Waals surface area contributed by atoms with E-state index in [1.807, 2.05) is 0 Å². The summed E-state index contributed by atoms with van der Waals surface area (Å²) in [5, 5.41) is 6.72. The summed E-state index contributed by atoms with van der Waals surface area (Å²) in [5.41, 5.74) is 1.04. The van der Waals surface area contributed by atoms with E-state index >= 15 is 4.39 Å². The standard InChI is InChI=1S/C28H39FN4O8S/c1-8-38-22(34)28(12-9-13-28)42-21(31-32-24(36)41-27(5,6)7)19-11-10-17(14-20(19)29)33-16-18(39-25(33)37)15-30-23(35)40-26(2,3)4/h10-11,14,18H,8-9,12-13,15-16H2,1-7H3,(H,30,35)(H,32,36)/t18-/m0/s1. The molecule has 2 aliphatic rings. The number of hydrogen-bond donors (Lipinski definition) is 2. The number of anilines is 1.